The van der Waals surface area contributed by atoms with Crippen molar-refractivity contribution in [3.05, 3.63) is 69.3 Å². The van der Waals surface area contributed by atoms with Crippen LogP contribution in [0.15, 0.2) is 42.5 Å². The maximum atomic E-state index is 13.4. The Labute approximate surface area is 199 Å². The van der Waals surface area contributed by atoms with Crippen LogP contribution in [0.4, 0.5) is 11.4 Å². The summed E-state index contributed by atoms with van der Waals surface area (Å²) in [7, 11) is -3.98. The number of rotatable bonds is 10. The maximum Gasteiger partial charge on any atom is 0.271 e. The van der Waals surface area contributed by atoms with Gasteiger partial charge in [-0.2, -0.15) is 0 Å². The zero-order valence-electron chi connectivity index (χ0n) is 19.9. The van der Waals surface area contributed by atoms with Gasteiger partial charge in [-0.25, -0.2) is 8.42 Å². The van der Waals surface area contributed by atoms with Gasteiger partial charge in [-0.1, -0.05) is 35.9 Å². The summed E-state index contributed by atoms with van der Waals surface area (Å²) in [6.45, 7) is 6.68. The van der Waals surface area contributed by atoms with Crippen molar-refractivity contribution >= 4 is 33.2 Å². The standard InChI is InChI=1S/C23H30N4O6S/c1-6-24-23(29)18(4)25(14-19-9-7-8-16(2)12-19)22(28)15-26(34(5,32)33)21-13-20(27(30)31)11-10-17(21)3/h7-13,18H,6,14-15H2,1-5H3,(H,24,29)/t18-/m0/s1. The fourth-order valence-electron chi connectivity index (χ4n) is 3.49. The van der Waals surface area contributed by atoms with Crippen LogP contribution in [-0.2, 0) is 26.2 Å². The summed E-state index contributed by atoms with van der Waals surface area (Å²) >= 11 is 0. The number of nitrogens with zero attached hydrogens (tertiary/aromatic N) is 3. The van der Waals surface area contributed by atoms with Gasteiger partial charge in [-0.3, -0.25) is 24.0 Å². The normalized spacial score (nSPS) is 12.0. The van der Waals surface area contributed by atoms with Crippen LogP contribution in [0.25, 0.3) is 0 Å². The largest absolute Gasteiger partial charge is 0.355 e. The molecule has 184 valence electrons. The molecule has 2 aromatic carbocycles. The van der Waals surface area contributed by atoms with Crippen molar-refractivity contribution in [2.24, 2.45) is 0 Å². The fourth-order valence-corrected chi connectivity index (χ4v) is 4.39. The minimum Gasteiger partial charge on any atom is -0.355 e. The number of hydrogen-bond donors (Lipinski definition) is 1. The van der Waals surface area contributed by atoms with E-state index < -0.39 is 33.4 Å². The van der Waals surface area contributed by atoms with Crippen molar-refractivity contribution in [3.8, 4) is 0 Å². The van der Waals surface area contributed by atoms with Crippen molar-refractivity contribution in [1.82, 2.24) is 10.2 Å². The molecule has 0 aliphatic heterocycles. The minimum atomic E-state index is -3.98. The molecule has 0 spiro atoms. The molecule has 1 atom stereocenters. The van der Waals surface area contributed by atoms with Crippen LogP contribution in [0, 0.1) is 24.0 Å². The molecule has 1 N–H and O–H groups in total. The zero-order chi connectivity index (χ0) is 25.6. The molecular weight excluding hydrogens is 460 g/mol. The molecule has 10 nitrogen and oxygen atoms in total. The molecular formula is C23H30N4O6S. The summed E-state index contributed by atoms with van der Waals surface area (Å²) in [6, 6.07) is 10.4. The lowest BCUT2D eigenvalue weighted by Gasteiger charge is -2.31. The van der Waals surface area contributed by atoms with E-state index in [2.05, 4.69) is 5.32 Å². The summed E-state index contributed by atoms with van der Waals surface area (Å²) in [5.41, 5.74) is 1.94. The van der Waals surface area contributed by atoms with E-state index in [0.717, 1.165) is 27.8 Å². The lowest BCUT2D eigenvalue weighted by Crippen LogP contribution is -2.51. The van der Waals surface area contributed by atoms with Crippen molar-refractivity contribution in [2.75, 3.05) is 23.7 Å². The highest BCUT2D eigenvalue weighted by Gasteiger charge is 2.31. The Kier molecular flexibility index (Phi) is 8.74. The molecule has 34 heavy (non-hydrogen) atoms. The molecule has 0 heterocycles. The monoisotopic (exact) mass is 490 g/mol. The van der Waals surface area contributed by atoms with E-state index in [1.54, 1.807) is 20.8 Å². The second-order valence-electron chi connectivity index (χ2n) is 8.08. The molecule has 0 aliphatic carbocycles. The van der Waals surface area contributed by atoms with Crippen LogP contribution in [-0.4, -0.2) is 55.4 Å². The highest BCUT2D eigenvalue weighted by molar-refractivity contribution is 7.92. The van der Waals surface area contributed by atoms with Crippen LogP contribution in [0.5, 0.6) is 0 Å². The third-order valence-corrected chi connectivity index (χ3v) is 6.43. The van der Waals surface area contributed by atoms with Crippen LogP contribution in [0.1, 0.15) is 30.5 Å². The van der Waals surface area contributed by atoms with Gasteiger partial charge < -0.3 is 10.2 Å². The number of non-ortho nitro benzene ring substituents is 1. The summed E-state index contributed by atoms with van der Waals surface area (Å²) in [5, 5.41) is 13.9. The first-order chi connectivity index (χ1) is 15.8. The molecule has 0 bridgehead atoms. The lowest BCUT2D eigenvalue weighted by atomic mass is 10.1. The third kappa shape index (κ3) is 6.77. The van der Waals surface area contributed by atoms with E-state index in [-0.39, 0.29) is 23.8 Å². The first kappa shape index (κ1) is 26.8. The zero-order valence-corrected chi connectivity index (χ0v) is 20.8. The highest BCUT2D eigenvalue weighted by Crippen LogP contribution is 2.28. The average Bonchev–Trinajstić information content (AvgIpc) is 2.75. The Balaban J connectivity index is 2.48. The van der Waals surface area contributed by atoms with Gasteiger partial charge in [0.15, 0.2) is 0 Å². The van der Waals surface area contributed by atoms with E-state index >= 15 is 0 Å². The number of likely N-dealkylation sites (N-methyl/N-ethyl adjacent to an activating group) is 1. The molecule has 0 aromatic heterocycles. The van der Waals surface area contributed by atoms with Crippen molar-refractivity contribution < 1.29 is 22.9 Å². The Morgan fingerprint density at radius 1 is 1.15 bits per heavy atom. The van der Waals surface area contributed by atoms with Crippen molar-refractivity contribution in [2.45, 2.75) is 40.3 Å². The van der Waals surface area contributed by atoms with Gasteiger partial charge in [0.1, 0.15) is 12.6 Å². The van der Waals surface area contributed by atoms with Gasteiger partial charge >= 0.3 is 0 Å². The van der Waals surface area contributed by atoms with Gasteiger partial charge in [0, 0.05) is 25.2 Å². The summed E-state index contributed by atoms with van der Waals surface area (Å²) in [4.78, 5) is 37.9. The van der Waals surface area contributed by atoms with Gasteiger partial charge in [-0.15, -0.1) is 0 Å². The van der Waals surface area contributed by atoms with Gasteiger partial charge in [0.2, 0.25) is 21.8 Å². The van der Waals surface area contributed by atoms with Crippen molar-refractivity contribution in [1.29, 1.82) is 0 Å². The molecule has 0 saturated carbocycles. The topological polar surface area (TPSA) is 130 Å². The summed E-state index contributed by atoms with van der Waals surface area (Å²) in [5.74, 6) is -0.988. The SMILES string of the molecule is CCNC(=O)[C@H](C)N(Cc1cccc(C)c1)C(=O)CN(c1cc([N+](=O)[O-])ccc1C)S(C)(=O)=O. The quantitative estimate of drug-likeness (QED) is 0.402. The maximum absolute atomic E-state index is 13.4. The number of hydrogen-bond acceptors (Lipinski definition) is 6. The van der Waals surface area contributed by atoms with Crippen molar-refractivity contribution in [3.63, 3.8) is 0 Å². The predicted octanol–water partition coefficient (Wildman–Crippen LogP) is 2.53. The Bertz CT molecular complexity index is 1180. The number of amides is 2. The third-order valence-electron chi connectivity index (χ3n) is 5.31. The van der Waals surface area contributed by atoms with Crippen LogP contribution < -0.4 is 9.62 Å². The minimum absolute atomic E-state index is 0.0335. The number of aryl methyl sites for hydroxylation is 2. The number of anilines is 1. The molecule has 2 amide bonds. The van der Waals surface area contributed by atoms with Gasteiger partial charge in [-0.05, 0) is 38.8 Å². The summed E-state index contributed by atoms with van der Waals surface area (Å²) in [6.07, 6.45) is 0.927. The van der Waals surface area contributed by atoms with Crippen LogP contribution >= 0.6 is 0 Å². The molecule has 0 saturated heterocycles. The second-order valence-corrected chi connectivity index (χ2v) is 9.99. The second kappa shape index (κ2) is 11.1. The van der Waals surface area contributed by atoms with Gasteiger partial charge in [0.05, 0.1) is 16.9 Å². The molecule has 0 aliphatic rings. The predicted molar refractivity (Wildman–Crippen MR) is 130 cm³/mol. The van der Waals surface area contributed by atoms with E-state index in [1.165, 1.54) is 17.0 Å². The molecule has 0 fully saturated rings. The van der Waals surface area contributed by atoms with E-state index in [9.17, 15) is 28.1 Å². The fraction of sp³-hybridized carbons (Fsp3) is 0.391. The van der Waals surface area contributed by atoms with E-state index in [1.807, 2.05) is 31.2 Å². The number of sulfonamides is 1. The summed E-state index contributed by atoms with van der Waals surface area (Å²) < 4.78 is 26.1. The Morgan fingerprint density at radius 3 is 2.38 bits per heavy atom. The average molecular weight is 491 g/mol. The Hall–Kier alpha value is -3.47. The Morgan fingerprint density at radius 2 is 1.82 bits per heavy atom. The smallest absolute Gasteiger partial charge is 0.271 e. The number of carbonyl (C=O) groups is 2. The van der Waals surface area contributed by atoms with E-state index in [0.29, 0.717) is 12.1 Å². The first-order valence-electron chi connectivity index (χ1n) is 10.7. The number of carbonyl (C=O) groups excluding carboxylic acids is 2. The number of nitrogens with one attached hydrogen (secondary N) is 1. The highest BCUT2D eigenvalue weighted by atomic mass is 32.2. The van der Waals surface area contributed by atoms with Crippen LogP contribution in [0.3, 0.4) is 0 Å². The van der Waals surface area contributed by atoms with Crippen LogP contribution in [0.2, 0.25) is 0 Å². The molecule has 2 aromatic rings. The number of benzene rings is 2. The molecule has 11 heteroatoms. The number of nitro groups is 1. The first-order valence-corrected chi connectivity index (χ1v) is 12.6. The van der Waals surface area contributed by atoms with Gasteiger partial charge in [0.25, 0.3) is 5.69 Å². The molecule has 0 radical (unpaired) electrons. The number of nitro benzene ring substituents is 1. The molecule has 0 unspecified atom stereocenters. The van der Waals surface area contributed by atoms with E-state index in [4.69, 9.17) is 0 Å². The lowest BCUT2D eigenvalue weighted by molar-refractivity contribution is -0.384. The molecule has 2 rings (SSSR count).